The Morgan fingerprint density at radius 3 is 3.00 bits per heavy atom. The molecular formula is C8H10N2O2. The molecule has 0 amide bonds. The minimum absolute atomic E-state index is 0.344. The molecular weight excluding hydrogens is 156 g/mol. The van der Waals surface area contributed by atoms with Crippen molar-refractivity contribution in [2.45, 2.75) is 12.8 Å². The number of hydrogen-bond acceptors (Lipinski definition) is 4. The maximum Gasteiger partial charge on any atom is 0.222 e. The molecule has 0 atom stereocenters. The van der Waals surface area contributed by atoms with Gasteiger partial charge in [-0.15, -0.1) is 0 Å². The molecule has 2 rings (SSSR count). The third kappa shape index (κ3) is 1.28. The predicted octanol–water partition coefficient (Wildman–Crippen LogP) is 1.41. The third-order valence-corrected chi connectivity index (χ3v) is 1.79. The molecule has 2 heterocycles. The van der Waals surface area contributed by atoms with Crippen LogP contribution in [0.25, 0.3) is 5.57 Å². The largest absolute Gasteiger partial charge is 0.501 e. The summed E-state index contributed by atoms with van der Waals surface area (Å²) < 4.78 is 9.91. The summed E-state index contributed by atoms with van der Waals surface area (Å²) in [5.41, 5.74) is 7.23. The molecule has 0 saturated carbocycles. The van der Waals surface area contributed by atoms with E-state index in [1.807, 2.05) is 0 Å². The molecule has 1 aromatic heterocycles. The Balaban J connectivity index is 2.23. The van der Waals surface area contributed by atoms with Crippen LogP contribution in [0.15, 0.2) is 16.9 Å². The van der Waals surface area contributed by atoms with Crippen molar-refractivity contribution in [2.75, 3.05) is 12.3 Å². The molecule has 1 aliphatic heterocycles. The van der Waals surface area contributed by atoms with E-state index in [1.165, 1.54) is 0 Å². The highest BCUT2D eigenvalue weighted by Gasteiger charge is 2.10. The van der Waals surface area contributed by atoms with Crippen LogP contribution in [0.4, 0.5) is 5.88 Å². The lowest BCUT2D eigenvalue weighted by Crippen LogP contribution is -1.98. The Hall–Kier alpha value is -1.45. The number of allylic oxidation sites excluding steroid dienone is 1. The molecule has 4 nitrogen and oxygen atoms in total. The number of rotatable bonds is 1. The third-order valence-electron chi connectivity index (χ3n) is 1.79. The van der Waals surface area contributed by atoms with Gasteiger partial charge in [0.25, 0.3) is 0 Å². The molecule has 0 fully saturated rings. The molecule has 64 valence electrons. The number of aromatic nitrogens is 1. The molecule has 1 aromatic rings. The smallest absolute Gasteiger partial charge is 0.222 e. The summed E-state index contributed by atoms with van der Waals surface area (Å²) in [5, 5.41) is 3.79. The van der Waals surface area contributed by atoms with Gasteiger partial charge in [-0.2, -0.15) is 0 Å². The lowest BCUT2D eigenvalue weighted by Gasteiger charge is -2.10. The van der Waals surface area contributed by atoms with Gasteiger partial charge < -0.3 is 15.0 Å². The lowest BCUT2D eigenvalue weighted by molar-refractivity contribution is 0.235. The normalized spacial score (nSPS) is 16.8. The summed E-state index contributed by atoms with van der Waals surface area (Å²) in [7, 11) is 0. The minimum Gasteiger partial charge on any atom is -0.501 e. The van der Waals surface area contributed by atoms with Gasteiger partial charge in [-0.1, -0.05) is 5.16 Å². The number of anilines is 1. The van der Waals surface area contributed by atoms with Crippen LogP contribution in [0.2, 0.25) is 0 Å². The van der Waals surface area contributed by atoms with Gasteiger partial charge in [-0.3, -0.25) is 0 Å². The summed E-state index contributed by atoms with van der Waals surface area (Å²) >= 11 is 0. The van der Waals surface area contributed by atoms with Crippen molar-refractivity contribution in [3.8, 4) is 0 Å². The fourth-order valence-corrected chi connectivity index (χ4v) is 1.19. The highest BCUT2D eigenvalue weighted by molar-refractivity contribution is 5.63. The van der Waals surface area contributed by atoms with Crippen molar-refractivity contribution in [3.05, 3.63) is 18.0 Å². The van der Waals surface area contributed by atoms with E-state index >= 15 is 0 Å². The van der Waals surface area contributed by atoms with Gasteiger partial charge in [-0.05, 0) is 12.8 Å². The van der Waals surface area contributed by atoms with E-state index in [9.17, 15) is 0 Å². The second kappa shape index (κ2) is 2.89. The highest BCUT2D eigenvalue weighted by Crippen LogP contribution is 2.23. The highest BCUT2D eigenvalue weighted by atomic mass is 16.5. The molecule has 4 heteroatoms. The van der Waals surface area contributed by atoms with Gasteiger partial charge >= 0.3 is 0 Å². The average Bonchev–Trinajstić information content (AvgIpc) is 2.54. The van der Waals surface area contributed by atoms with E-state index in [-0.39, 0.29) is 0 Å². The number of hydrogen-bond donors (Lipinski definition) is 1. The van der Waals surface area contributed by atoms with Crippen LogP contribution < -0.4 is 5.73 Å². The van der Waals surface area contributed by atoms with E-state index in [4.69, 9.17) is 15.0 Å². The molecule has 12 heavy (non-hydrogen) atoms. The van der Waals surface area contributed by atoms with Crippen molar-refractivity contribution in [1.29, 1.82) is 0 Å². The van der Waals surface area contributed by atoms with Crippen molar-refractivity contribution in [3.63, 3.8) is 0 Å². The van der Waals surface area contributed by atoms with Gasteiger partial charge in [0.2, 0.25) is 5.88 Å². The van der Waals surface area contributed by atoms with Crippen molar-refractivity contribution in [2.24, 2.45) is 0 Å². The second-order valence-corrected chi connectivity index (χ2v) is 2.73. The van der Waals surface area contributed by atoms with Gasteiger partial charge in [0, 0.05) is 11.6 Å². The maximum absolute atomic E-state index is 5.39. The first kappa shape index (κ1) is 7.21. The zero-order valence-electron chi connectivity index (χ0n) is 6.62. The number of nitrogens with zero attached hydrogens (tertiary/aromatic N) is 1. The van der Waals surface area contributed by atoms with E-state index in [1.54, 1.807) is 12.3 Å². The van der Waals surface area contributed by atoms with Gasteiger partial charge in [0.1, 0.15) is 5.69 Å². The van der Waals surface area contributed by atoms with Gasteiger partial charge in [0.05, 0.1) is 12.9 Å². The number of ether oxygens (including phenoxy) is 1. The topological polar surface area (TPSA) is 61.3 Å². The number of nitrogen functional groups attached to an aromatic ring is 1. The average molecular weight is 166 g/mol. The standard InChI is InChI=1S/C8H10N2O2/c9-8-4-7(10-12-8)6-2-1-3-11-5-6/h4-5H,1-3,9H2. The van der Waals surface area contributed by atoms with Gasteiger partial charge in [-0.25, -0.2) is 0 Å². The zero-order valence-corrected chi connectivity index (χ0v) is 6.62. The van der Waals surface area contributed by atoms with E-state index in [0.29, 0.717) is 5.88 Å². The summed E-state index contributed by atoms with van der Waals surface area (Å²) in [6.45, 7) is 0.789. The SMILES string of the molecule is Nc1cc(C2=COCCC2)no1. The van der Waals surface area contributed by atoms with Crippen molar-refractivity contribution in [1.82, 2.24) is 5.16 Å². The Morgan fingerprint density at radius 1 is 1.50 bits per heavy atom. The predicted molar refractivity (Wildman–Crippen MR) is 44.1 cm³/mol. The fourth-order valence-electron chi connectivity index (χ4n) is 1.19. The van der Waals surface area contributed by atoms with Crippen LogP contribution in [0.1, 0.15) is 18.5 Å². The maximum atomic E-state index is 5.39. The molecule has 0 bridgehead atoms. The monoisotopic (exact) mass is 166 g/mol. The molecule has 0 radical (unpaired) electrons. The quantitative estimate of drug-likeness (QED) is 0.685. The van der Waals surface area contributed by atoms with Crippen LogP contribution in [-0.4, -0.2) is 11.8 Å². The molecule has 0 aromatic carbocycles. The Bertz CT molecular complexity index is 304. The summed E-state index contributed by atoms with van der Waals surface area (Å²) in [6, 6.07) is 1.71. The van der Waals surface area contributed by atoms with Crippen LogP contribution in [0, 0.1) is 0 Å². The first-order chi connectivity index (χ1) is 5.86. The van der Waals surface area contributed by atoms with Crippen LogP contribution >= 0.6 is 0 Å². The van der Waals surface area contributed by atoms with E-state index in [2.05, 4.69) is 5.16 Å². The Morgan fingerprint density at radius 2 is 2.42 bits per heavy atom. The zero-order chi connectivity index (χ0) is 8.39. The van der Waals surface area contributed by atoms with Gasteiger partial charge in [0.15, 0.2) is 0 Å². The minimum atomic E-state index is 0.344. The summed E-state index contributed by atoms with van der Waals surface area (Å²) in [6.07, 6.45) is 3.73. The van der Waals surface area contributed by atoms with Crippen LogP contribution in [0.5, 0.6) is 0 Å². The van der Waals surface area contributed by atoms with E-state index < -0.39 is 0 Å². The first-order valence-corrected chi connectivity index (χ1v) is 3.89. The van der Waals surface area contributed by atoms with Crippen molar-refractivity contribution < 1.29 is 9.26 Å². The van der Waals surface area contributed by atoms with Crippen LogP contribution in [-0.2, 0) is 4.74 Å². The molecule has 0 saturated heterocycles. The molecule has 1 aliphatic rings. The number of nitrogens with two attached hydrogens (primary N) is 1. The van der Waals surface area contributed by atoms with Crippen molar-refractivity contribution >= 4 is 11.5 Å². The molecule has 0 spiro atoms. The Labute approximate surface area is 70.0 Å². The lowest BCUT2D eigenvalue weighted by atomic mass is 10.1. The Kier molecular flexibility index (Phi) is 1.74. The molecule has 0 unspecified atom stereocenters. The first-order valence-electron chi connectivity index (χ1n) is 3.89. The fraction of sp³-hybridized carbons (Fsp3) is 0.375. The molecule has 0 aliphatic carbocycles. The van der Waals surface area contributed by atoms with Crippen LogP contribution in [0.3, 0.4) is 0 Å². The van der Waals surface area contributed by atoms with E-state index in [0.717, 1.165) is 30.7 Å². The second-order valence-electron chi connectivity index (χ2n) is 2.73. The summed E-state index contributed by atoms with van der Waals surface area (Å²) in [4.78, 5) is 0. The summed E-state index contributed by atoms with van der Waals surface area (Å²) in [5.74, 6) is 0.344. The molecule has 2 N–H and O–H groups in total.